The molecule has 1 N–H and O–H groups in total. The number of carbonyl (C=O) groups is 1. The van der Waals surface area contributed by atoms with Crippen LogP contribution in [0.25, 0.3) is 11.5 Å². The van der Waals surface area contributed by atoms with E-state index in [1.165, 1.54) is 0 Å². The van der Waals surface area contributed by atoms with Crippen molar-refractivity contribution in [1.29, 1.82) is 0 Å². The van der Waals surface area contributed by atoms with Crippen LogP contribution in [0.2, 0.25) is 0 Å². The first-order valence-electron chi connectivity index (χ1n) is 11.2. The van der Waals surface area contributed by atoms with E-state index >= 15 is 4.39 Å². The molecular weight excluding hydrogens is 407 g/mol. The van der Waals surface area contributed by atoms with Gasteiger partial charge < -0.3 is 19.9 Å². The second-order valence-electron chi connectivity index (χ2n) is 9.85. The molecule has 4 heterocycles. The number of allylic oxidation sites excluding steroid dienone is 1. The minimum Gasteiger partial charge on any atom is -0.444 e. The van der Waals surface area contributed by atoms with Crippen molar-refractivity contribution in [3.05, 3.63) is 64.7 Å². The van der Waals surface area contributed by atoms with Gasteiger partial charge in [-0.15, -0.1) is 0 Å². The zero-order valence-corrected chi connectivity index (χ0v) is 19.0. The van der Waals surface area contributed by atoms with Crippen LogP contribution < -0.4 is 5.32 Å². The highest BCUT2D eigenvalue weighted by atomic mass is 19.1. The number of ether oxygens (including phenoxy) is 1. The van der Waals surface area contributed by atoms with E-state index < -0.39 is 5.60 Å². The van der Waals surface area contributed by atoms with Gasteiger partial charge >= 0.3 is 6.09 Å². The molecule has 0 aromatic carbocycles. The molecule has 2 atom stereocenters. The molecule has 4 aliphatic rings. The zero-order chi connectivity index (χ0) is 22.6. The molecule has 32 heavy (non-hydrogen) atoms. The van der Waals surface area contributed by atoms with Gasteiger partial charge in [-0.3, -0.25) is 4.98 Å². The minimum atomic E-state index is -0.525. The number of hydrogen-bond donors (Lipinski definition) is 1. The maximum atomic E-state index is 15.0. The molecule has 168 valence electrons. The monoisotopic (exact) mass is 436 g/mol. The summed E-state index contributed by atoms with van der Waals surface area (Å²) < 4.78 is 20.6. The number of likely N-dealkylation sites (N-methyl/N-ethyl adjacent to an activating group) is 1. The summed E-state index contributed by atoms with van der Waals surface area (Å²) in [6.45, 7) is 6.81. The highest BCUT2D eigenvalue weighted by Gasteiger charge is 2.41. The normalized spacial score (nSPS) is 24.6. The van der Waals surface area contributed by atoms with Gasteiger partial charge in [0, 0.05) is 49.2 Å². The first-order valence-corrected chi connectivity index (χ1v) is 11.2. The molecule has 6 nitrogen and oxygen atoms in total. The summed E-state index contributed by atoms with van der Waals surface area (Å²) in [6.07, 6.45) is 8.89. The van der Waals surface area contributed by atoms with Crippen molar-refractivity contribution in [3.8, 4) is 0 Å². The summed E-state index contributed by atoms with van der Waals surface area (Å²) in [7, 11) is 2.03. The standard InChI is InChI=1S/C25H29FN4O2/c1-25(2,3)32-24(31)30-10-6-7-15(14-30)19-12-20-21-16(13-29(20)4)11-18(26)17-8-5-9-27-22(17)23(21)28-19/h5,7-9,11,13,19-20,28H,6,10,12,14H2,1-4H3. The van der Waals surface area contributed by atoms with Crippen molar-refractivity contribution in [3.63, 3.8) is 0 Å². The molecule has 0 saturated heterocycles. The van der Waals surface area contributed by atoms with Crippen LogP contribution in [0.4, 0.5) is 9.18 Å². The largest absolute Gasteiger partial charge is 0.444 e. The van der Waals surface area contributed by atoms with E-state index in [9.17, 15) is 4.79 Å². The molecule has 1 aromatic heterocycles. The second kappa shape index (κ2) is 7.50. The lowest BCUT2D eigenvalue weighted by molar-refractivity contribution is 0.0258. The van der Waals surface area contributed by atoms with Crippen LogP contribution in [-0.2, 0) is 4.74 Å². The molecule has 0 fully saturated rings. The number of hydrogen-bond acceptors (Lipinski definition) is 5. The van der Waals surface area contributed by atoms with Gasteiger partial charge in [-0.05, 0) is 57.4 Å². The molecule has 1 amide bonds. The molecule has 7 heteroatoms. The van der Waals surface area contributed by atoms with E-state index in [0.717, 1.165) is 35.3 Å². The van der Waals surface area contributed by atoms with Gasteiger partial charge in [-0.2, -0.15) is 0 Å². The predicted octanol–water partition coefficient (Wildman–Crippen LogP) is 4.24. The van der Waals surface area contributed by atoms with Crippen LogP contribution in [0, 0.1) is 0 Å². The highest BCUT2D eigenvalue weighted by Crippen LogP contribution is 2.44. The molecule has 1 aliphatic carbocycles. The van der Waals surface area contributed by atoms with Crippen LogP contribution in [0.1, 0.15) is 44.9 Å². The van der Waals surface area contributed by atoms with E-state index in [-0.39, 0.29) is 24.0 Å². The maximum absolute atomic E-state index is 15.0. The lowest BCUT2D eigenvalue weighted by Crippen LogP contribution is -2.47. The minimum absolute atomic E-state index is 0.0233. The SMILES string of the molecule is CN1C=C2C=C(F)c3cccnc3C3=C2C1CC(C1=CCCN(C(=O)OC(C)(C)C)C1)N3. The fourth-order valence-electron chi connectivity index (χ4n) is 4.98. The number of nitrogens with zero attached hydrogens (tertiary/aromatic N) is 3. The van der Waals surface area contributed by atoms with Gasteiger partial charge in [0.05, 0.1) is 23.5 Å². The van der Waals surface area contributed by atoms with Crippen LogP contribution in [-0.4, -0.2) is 58.7 Å². The van der Waals surface area contributed by atoms with Gasteiger partial charge in [0.15, 0.2) is 0 Å². The number of halogens is 1. The molecule has 0 saturated carbocycles. The third-order valence-corrected chi connectivity index (χ3v) is 6.39. The van der Waals surface area contributed by atoms with Crippen LogP contribution in [0.5, 0.6) is 0 Å². The third-order valence-electron chi connectivity index (χ3n) is 6.39. The summed E-state index contributed by atoms with van der Waals surface area (Å²) in [6, 6.07) is 3.69. The molecule has 2 unspecified atom stereocenters. The van der Waals surface area contributed by atoms with Gasteiger partial charge in [-0.1, -0.05) is 6.08 Å². The van der Waals surface area contributed by atoms with Crippen LogP contribution in [0.3, 0.4) is 0 Å². The molecule has 5 rings (SSSR count). The van der Waals surface area contributed by atoms with Crippen molar-refractivity contribution in [2.45, 2.75) is 51.3 Å². The number of amides is 1. The van der Waals surface area contributed by atoms with Gasteiger partial charge in [-0.25, -0.2) is 9.18 Å². The Bertz CT molecular complexity index is 1100. The van der Waals surface area contributed by atoms with Gasteiger partial charge in [0.1, 0.15) is 11.4 Å². The maximum Gasteiger partial charge on any atom is 0.410 e. The fourth-order valence-corrected chi connectivity index (χ4v) is 4.98. The summed E-state index contributed by atoms with van der Waals surface area (Å²) in [5, 5.41) is 3.67. The molecule has 1 aromatic rings. The van der Waals surface area contributed by atoms with E-state index in [0.29, 0.717) is 24.3 Å². The van der Waals surface area contributed by atoms with E-state index in [4.69, 9.17) is 4.74 Å². The average Bonchev–Trinajstić information content (AvgIpc) is 3.01. The molecule has 3 aliphatic heterocycles. The summed E-state index contributed by atoms with van der Waals surface area (Å²) in [5.41, 5.74) is 4.65. The molecule has 0 radical (unpaired) electrons. The summed E-state index contributed by atoms with van der Waals surface area (Å²) >= 11 is 0. The van der Waals surface area contributed by atoms with Crippen molar-refractivity contribution in [2.24, 2.45) is 0 Å². The highest BCUT2D eigenvalue weighted by molar-refractivity contribution is 5.85. The van der Waals surface area contributed by atoms with Crippen LogP contribution >= 0.6 is 0 Å². The van der Waals surface area contributed by atoms with Crippen molar-refractivity contribution < 1.29 is 13.9 Å². The smallest absolute Gasteiger partial charge is 0.410 e. The van der Waals surface area contributed by atoms with Crippen molar-refractivity contribution in [2.75, 3.05) is 20.1 Å². The first-order chi connectivity index (χ1) is 15.2. The number of nitrogens with one attached hydrogen (secondary N) is 1. The van der Waals surface area contributed by atoms with Crippen molar-refractivity contribution in [1.82, 2.24) is 20.1 Å². The first kappa shape index (κ1) is 20.8. The quantitative estimate of drug-likeness (QED) is 0.668. The average molecular weight is 437 g/mol. The summed E-state index contributed by atoms with van der Waals surface area (Å²) in [4.78, 5) is 21.1. The van der Waals surface area contributed by atoms with Gasteiger partial charge in [0.25, 0.3) is 0 Å². The van der Waals surface area contributed by atoms with E-state index in [1.54, 1.807) is 29.3 Å². The molecule has 0 spiro atoms. The third kappa shape index (κ3) is 3.59. The lowest BCUT2D eigenvalue weighted by Gasteiger charge is -2.39. The Morgan fingerprint density at radius 1 is 1.34 bits per heavy atom. The van der Waals surface area contributed by atoms with Gasteiger partial charge in [0.2, 0.25) is 0 Å². The Kier molecular flexibility index (Phi) is 4.87. The second-order valence-corrected chi connectivity index (χ2v) is 9.85. The Balaban J connectivity index is 1.46. The van der Waals surface area contributed by atoms with E-state index in [1.807, 2.05) is 34.0 Å². The number of rotatable bonds is 1. The number of fused-ring (bicyclic) bond motifs is 2. The lowest BCUT2D eigenvalue weighted by atomic mass is 9.85. The number of aromatic nitrogens is 1. The Hall–Kier alpha value is -3.09. The zero-order valence-electron chi connectivity index (χ0n) is 19.0. The fraction of sp³-hybridized carbons (Fsp3) is 0.440. The summed E-state index contributed by atoms with van der Waals surface area (Å²) in [5.74, 6) is -0.269. The number of pyridine rings is 1. The number of carbonyl (C=O) groups excluding carboxylic acids is 1. The Morgan fingerprint density at radius 3 is 2.94 bits per heavy atom. The van der Waals surface area contributed by atoms with Crippen molar-refractivity contribution >= 4 is 17.6 Å². The Labute approximate surface area is 188 Å². The molecule has 0 bridgehead atoms. The Morgan fingerprint density at radius 2 is 2.16 bits per heavy atom. The topological polar surface area (TPSA) is 57.7 Å². The molecular formula is C25H29FN4O2. The van der Waals surface area contributed by atoms with Crippen LogP contribution in [0.15, 0.2) is 53.4 Å². The van der Waals surface area contributed by atoms with E-state index in [2.05, 4.69) is 21.3 Å². The predicted molar refractivity (Wildman–Crippen MR) is 122 cm³/mol.